The monoisotopic (exact) mass is 319 g/mol. The lowest BCUT2D eigenvalue weighted by Gasteiger charge is -2.19. The van der Waals surface area contributed by atoms with Crippen LogP contribution in [-0.2, 0) is 4.79 Å². The average molecular weight is 319 g/mol. The Kier molecular flexibility index (Phi) is 6.08. The number of carbonyl (C=O) groups excluding carboxylic acids is 1. The van der Waals surface area contributed by atoms with Crippen LogP contribution in [0.1, 0.15) is 37.7 Å². The number of hydrogen-bond donors (Lipinski definition) is 1. The van der Waals surface area contributed by atoms with Gasteiger partial charge < -0.3 is 10.0 Å². The van der Waals surface area contributed by atoms with Crippen molar-refractivity contribution in [1.29, 1.82) is 0 Å². The molecule has 1 aromatic rings. The maximum Gasteiger partial charge on any atom is 0.270 e. The molecule has 0 atom stereocenters. The van der Waals surface area contributed by atoms with Crippen molar-refractivity contribution in [3.05, 3.63) is 33.9 Å². The third-order valence-corrected chi connectivity index (χ3v) is 3.84. The highest BCUT2D eigenvalue weighted by Crippen LogP contribution is 2.21. The molecule has 1 fully saturated rings. The van der Waals surface area contributed by atoms with E-state index in [4.69, 9.17) is 0 Å². The molecular formula is C16H21N3O4. The molecule has 1 N–H and O–H groups in total. The number of non-ortho nitro benzene ring substituents is 1. The summed E-state index contributed by atoms with van der Waals surface area (Å²) in [6.45, 7) is 2.00. The third kappa shape index (κ3) is 5.05. The Bertz CT molecular complexity index is 601. The highest BCUT2D eigenvalue weighted by molar-refractivity contribution is 5.84. The van der Waals surface area contributed by atoms with E-state index in [2.05, 4.69) is 4.99 Å². The molecule has 0 spiro atoms. The number of amides is 1. The van der Waals surface area contributed by atoms with Crippen molar-refractivity contribution < 1.29 is 14.8 Å². The second kappa shape index (κ2) is 8.26. The van der Waals surface area contributed by atoms with Crippen LogP contribution < -0.4 is 0 Å². The van der Waals surface area contributed by atoms with Gasteiger partial charge in [0.2, 0.25) is 5.91 Å². The van der Waals surface area contributed by atoms with Gasteiger partial charge in [0.1, 0.15) is 5.75 Å². The molecule has 0 saturated carbocycles. The second-order valence-corrected chi connectivity index (χ2v) is 5.58. The van der Waals surface area contributed by atoms with E-state index < -0.39 is 4.92 Å². The number of rotatable bonds is 6. The number of likely N-dealkylation sites (tertiary alicyclic amines) is 1. The Balaban J connectivity index is 1.83. The zero-order valence-corrected chi connectivity index (χ0v) is 13.0. The number of aliphatic imine (C=N–C) groups is 1. The lowest BCUT2D eigenvalue weighted by atomic mass is 10.2. The first-order valence-corrected chi connectivity index (χ1v) is 7.83. The molecule has 0 aliphatic carbocycles. The molecular weight excluding hydrogens is 298 g/mol. The SMILES string of the molecule is O=C1CCCCCN1CCCN=Cc1cc([N+](=O)[O-])ccc1O. The number of aromatic hydroxyl groups is 1. The van der Waals surface area contributed by atoms with E-state index in [1.807, 2.05) is 4.90 Å². The van der Waals surface area contributed by atoms with Crippen LogP contribution >= 0.6 is 0 Å². The summed E-state index contributed by atoms with van der Waals surface area (Å²) in [6, 6.07) is 3.82. The van der Waals surface area contributed by atoms with E-state index in [0.717, 1.165) is 32.2 Å². The summed E-state index contributed by atoms with van der Waals surface area (Å²) in [6.07, 6.45) is 5.93. The van der Waals surface area contributed by atoms with Crippen molar-refractivity contribution in [2.24, 2.45) is 4.99 Å². The van der Waals surface area contributed by atoms with E-state index in [0.29, 0.717) is 25.1 Å². The van der Waals surface area contributed by atoms with Gasteiger partial charge in [-0.15, -0.1) is 0 Å². The van der Waals surface area contributed by atoms with Crippen molar-refractivity contribution in [2.45, 2.75) is 32.1 Å². The first-order chi connectivity index (χ1) is 11.1. The van der Waals surface area contributed by atoms with Gasteiger partial charge in [-0.3, -0.25) is 19.9 Å². The van der Waals surface area contributed by atoms with Crippen LogP contribution in [0.15, 0.2) is 23.2 Å². The van der Waals surface area contributed by atoms with Crippen molar-refractivity contribution in [3.8, 4) is 5.75 Å². The Hall–Kier alpha value is -2.44. The van der Waals surface area contributed by atoms with Gasteiger partial charge in [-0.05, 0) is 25.3 Å². The summed E-state index contributed by atoms with van der Waals surface area (Å²) in [7, 11) is 0. The summed E-state index contributed by atoms with van der Waals surface area (Å²) in [5.41, 5.74) is 0.240. The largest absolute Gasteiger partial charge is 0.507 e. The van der Waals surface area contributed by atoms with Crippen molar-refractivity contribution in [3.63, 3.8) is 0 Å². The number of phenolic OH excluding ortho intramolecular Hbond substituents is 1. The van der Waals surface area contributed by atoms with Crippen molar-refractivity contribution >= 4 is 17.8 Å². The van der Waals surface area contributed by atoms with Crippen LogP contribution in [0.4, 0.5) is 5.69 Å². The van der Waals surface area contributed by atoms with Gasteiger partial charge in [0, 0.05) is 50.0 Å². The molecule has 1 aromatic carbocycles. The van der Waals surface area contributed by atoms with Gasteiger partial charge in [-0.25, -0.2) is 0 Å². The predicted molar refractivity (Wildman–Crippen MR) is 86.9 cm³/mol. The van der Waals surface area contributed by atoms with Gasteiger partial charge in [0.05, 0.1) is 4.92 Å². The Morgan fingerprint density at radius 3 is 2.96 bits per heavy atom. The molecule has 1 heterocycles. The Labute approximate surface area is 134 Å². The zero-order valence-electron chi connectivity index (χ0n) is 13.0. The summed E-state index contributed by atoms with van der Waals surface area (Å²) < 4.78 is 0. The minimum Gasteiger partial charge on any atom is -0.507 e. The number of nitro groups is 1. The standard InChI is InChI=1S/C16H21N3O4/c20-15-7-6-14(19(22)23)11-13(15)12-17-8-4-10-18-9-3-1-2-5-16(18)21/h6-7,11-12,20H,1-5,8-10H2. The highest BCUT2D eigenvalue weighted by atomic mass is 16.6. The molecule has 23 heavy (non-hydrogen) atoms. The number of hydrogen-bond acceptors (Lipinski definition) is 5. The van der Waals surface area contributed by atoms with E-state index >= 15 is 0 Å². The van der Waals surface area contributed by atoms with Crippen LogP contribution in [0.3, 0.4) is 0 Å². The molecule has 0 unspecified atom stereocenters. The fourth-order valence-corrected chi connectivity index (χ4v) is 2.55. The van der Waals surface area contributed by atoms with Crippen molar-refractivity contribution in [1.82, 2.24) is 4.90 Å². The fourth-order valence-electron chi connectivity index (χ4n) is 2.55. The minimum atomic E-state index is -0.512. The Morgan fingerprint density at radius 1 is 1.35 bits per heavy atom. The normalized spacial score (nSPS) is 15.8. The first kappa shape index (κ1) is 16.9. The molecule has 1 aliphatic heterocycles. The predicted octanol–water partition coefficient (Wildman–Crippen LogP) is 2.51. The van der Waals surface area contributed by atoms with Gasteiger partial charge in [-0.2, -0.15) is 0 Å². The number of nitrogens with zero attached hydrogens (tertiary/aromatic N) is 3. The first-order valence-electron chi connectivity index (χ1n) is 7.83. The van der Waals surface area contributed by atoms with Crippen LogP contribution in [0, 0.1) is 10.1 Å². The van der Waals surface area contributed by atoms with Gasteiger partial charge in [0.15, 0.2) is 0 Å². The summed E-state index contributed by atoms with van der Waals surface area (Å²) in [5, 5.41) is 20.4. The molecule has 1 amide bonds. The minimum absolute atomic E-state index is 0.0398. The molecule has 1 aliphatic rings. The lowest BCUT2D eigenvalue weighted by Crippen LogP contribution is -2.31. The number of benzene rings is 1. The molecule has 1 saturated heterocycles. The summed E-state index contributed by atoms with van der Waals surface area (Å²) in [5.74, 6) is 0.171. The maximum absolute atomic E-state index is 11.8. The third-order valence-electron chi connectivity index (χ3n) is 3.84. The number of phenols is 1. The molecule has 7 nitrogen and oxygen atoms in total. The molecule has 0 bridgehead atoms. The molecule has 0 radical (unpaired) electrons. The van der Waals surface area contributed by atoms with Crippen LogP contribution in [0.25, 0.3) is 0 Å². The topological polar surface area (TPSA) is 96.0 Å². The Morgan fingerprint density at radius 2 is 2.17 bits per heavy atom. The quantitative estimate of drug-likeness (QED) is 0.377. The van der Waals surface area contributed by atoms with Gasteiger partial charge in [0.25, 0.3) is 5.69 Å². The van der Waals surface area contributed by atoms with Crippen LogP contribution in [-0.4, -0.2) is 46.7 Å². The molecule has 7 heteroatoms. The fraction of sp³-hybridized carbons (Fsp3) is 0.500. The highest BCUT2D eigenvalue weighted by Gasteiger charge is 2.15. The van der Waals surface area contributed by atoms with Crippen LogP contribution in [0.5, 0.6) is 5.75 Å². The zero-order chi connectivity index (χ0) is 16.7. The smallest absolute Gasteiger partial charge is 0.270 e. The summed E-state index contributed by atoms with van der Waals surface area (Å²) in [4.78, 5) is 28.1. The van der Waals surface area contributed by atoms with E-state index in [9.17, 15) is 20.0 Å². The molecule has 124 valence electrons. The van der Waals surface area contributed by atoms with E-state index in [-0.39, 0.29) is 17.3 Å². The van der Waals surface area contributed by atoms with Gasteiger partial charge >= 0.3 is 0 Å². The average Bonchev–Trinajstić information content (AvgIpc) is 2.73. The van der Waals surface area contributed by atoms with Gasteiger partial charge in [-0.1, -0.05) is 6.42 Å². The van der Waals surface area contributed by atoms with E-state index in [1.165, 1.54) is 24.4 Å². The number of nitro benzene ring substituents is 1. The summed E-state index contributed by atoms with van der Waals surface area (Å²) >= 11 is 0. The van der Waals surface area contributed by atoms with E-state index in [1.54, 1.807) is 0 Å². The number of carbonyl (C=O) groups is 1. The van der Waals surface area contributed by atoms with Crippen LogP contribution in [0.2, 0.25) is 0 Å². The molecule has 0 aromatic heterocycles. The van der Waals surface area contributed by atoms with Crippen molar-refractivity contribution in [2.75, 3.05) is 19.6 Å². The second-order valence-electron chi connectivity index (χ2n) is 5.58. The molecule has 2 rings (SSSR count). The lowest BCUT2D eigenvalue weighted by molar-refractivity contribution is -0.384. The maximum atomic E-state index is 11.8.